The number of hydrogen-bond donors (Lipinski definition) is 1. The molecule has 0 aliphatic carbocycles. The fourth-order valence-electron chi connectivity index (χ4n) is 4.25. The molecule has 6 heteroatoms. The van der Waals surface area contributed by atoms with Gasteiger partial charge in [-0.3, -0.25) is 10.1 Å². The Morgan fingerprint density at radius 3 is 2.56 bits per heavy atom. The average molecular weight is 467 g/mol. The van der Waals surface area contributed by atoms with E-state index in [9.17, 15) is 10.1 Å². The highest BCUT2D eigenvalue weighted by Crippen LogP contribution is 2.46. The Kier molecular flexibility index (Phi) is 5.67. The van der Waals surface area contributed by atoms with Gasteiger partial charge in [-0.25, -0.2) is 0 Å². The lowest BCUT2D eigenvalue weighted by atomic mass is 9.81. The zero-order chi connectivity index (χ0) is 23.7. The molecule has 0 radical (unpaired) electrons. The van der Waals surface area contributed by atoms with Crippen LogP contribution in [0.15, 0.2) is 96.4 Å². The number of nitrogens with zero attached hydrogens (tertiary/aromatic N) is 1. The van der Waals surface area contributed by atoms with E-state index in [1.165, 1.54) is 0 Å². The van der Waals surface area contributed by atoms with Gasteiger partial charge in [0.2, 0.25) is 5.88 Å². The van der Waals surface area contributed by atoms with Crippen LogP contribution in [0.2, 0.25) is 5.02 Å². The van der Waals surface area contributed by atoms with E-state index < -0.39 is 11.8 Å². The summed E-state index contributed by atoms with van der Waals surface area (Å²) in [5.74, 6) is 0.547. The molecule has 4 aromatic carbocycles. The first-order chi connectivity index (χ1) is 16.6. The molecule has 1 amide bonds. The Balaban J connectivity index is 1.67. The van der Waals surface area contributed by atoms with E-state index in [0.29, 0.717) is 27.7 Å². The van der Waals surface area contributed by atoms with Crippen LogP contribution >= 0.6 is 11.6 Å². The molecular weight excluding hydrogens is 448 g/mol. The van der Waals surface area contributed by atoms with Crippen molar-refractivity contribution in [2.75, 3.05) is 7.11 Å². The zero-order valence-corrected chi connectivity index (χ0v) is 19.0. The molecule has 0 unspecified atom stereocenters. The van der Waals surface area contributed by atoms with E-state index >= 15 is 0 Å². The van der Waals surface area contributed by atoms with Crippen molar-refractivity contribution in [2.24, 2.45) is 0 Å². The second-order valence-corrected chi connectivity index (χ2v) is 8.26. The Bertz CT molecular complexity index is 1490. The predicted octanol–water partition coefficient (Wildman–Crippen LogP) is 6.19. The summed E-state index contributed by atoms with van der Waals surface area (Å²) in [6, 6.07) is 28.2. The summed E-state index contributed by atoms with van der Waals surface area (Å²) in [6.45, 7) is 0. The number of allylic oxidation sites excluding steroid dienone is 1. The number of nitriles is 1. The summed E-state index contributed by atoms with van der Waals surface area (Å²) in [5, 5.41) is 15.5. The van der Waals surface area contributed by atoms with Crippen LogP contribution in [0.1, 0.15) is 27.4 Å². The van der Waals surface area contributed by atoms with E-state index in [4.69, 9.17) is 21.1 Å². The molecule has 5 rings (SSSR count). The van der Waals surface area contributed by atoms with Crippen LogP contribution in [0.3, 0.4) is 0 Å². The van der Waals surface area contributed by atoms with Crippen molar-refractivity contribution in [1.29, 1.82) is 5.26 Å². The molecule has 1 aliphatic rings. The number of ether oxygens (including phenoxy) is 2. The molecule has 166 valence electrons. The fourth-order valence-corrected chi connectivity index (χ4v) is 4.44. The zero-order valence-electron chi connectivity index (χ0n) is 18.2. The number of rotatable bonds is 4. The molecule has 0 spiro atoms. The van der Waals surface area contributed by atoms with Crippen LogP contribution < -0.4 is 14.8 Å². The minimum Gasteiger partial charge on any atom is -0.497 e. The fraction of sp³-hybridized carbons (Fsp3) is 0.0714. The van der Waals surface area contributed by atoms with Gasteiger partial charge < -0.3 is 9.47 Å². The molecule has 1 heterocycles. The highest BCUT2D eigenvalue weighted by molar-refractivity contribution is 6.31. The molecule has 0 bridgehead atoms. The van der Waals surface area contributed by atoms with Crippen molar-refractivity contribution < 1.29 is 14.3 Å². The van der Waals surface area contributed by atoms with E-state index in [1.807, 2.05) is 60.7 Å². The number of methoxy groups -OCH3 is 1. The van der Waals surface area contributed by atoms with Gasteiger partial charge in [0.15, 0.2) is 0 Å². The number of carbonyl (C=O) groups is 1. The maximum atomic E-state index is 13.0. The molecule has 1 atom stereocenters. The van der Waals surface area contributed by atoms with Crippen LogP contribution in [0.5, 0.6) is 11.5 Å². The predicted molar refractivity (Wildman–Crippen MR) is 131 cm³/mol. The van der Waals surface area contributed by atoms with Gasteiger partial charge in [0.05, 0.1) is 13.0 Å². The normalized spacial score (nSPS) is 14.7. The third kappa shape index (κ3) is 3.85. The summed E-state index contributed by atoms with van der Waals surface area (Å²) in [6.07, 6.45) is 0. The molecule has 0 aromatic heterocycles. The molecule has 0 saturated carbocycles. The smallest absolute Gasteiger partial charge is 0.258 e. The minimum absolute atomic E-state index is 0.107. The summed E-state index contributed by atoms with van der Waals surface area (Å²) in [5.41, 5.74) is 2.43. The second kappa shape index (κ2) is 8.93. The van der Waals surface area contributed by atoms with Gasteiger partial charge in [-0.15, -0.1) is 0 Å². The van der Waals surface area contributed by atoms with E-state index in [2.05, 4.69) is 11.4 Å². The number of benzene rings is 4. The van der Waals surface area contributed by atoms with Gasteiger partial charge in [0, 0.05) is 16.1 Å². The third-order valence-corrected chi connectivity index (χ3v) is 6.08. The molecule has 4 aromatic rings. The van der Waals surface area contributed by atoms with Gasteiger partial charge in [-0.2, -0.15) is 5.26 Å². The molecule has 1 N–H and O–H groups in total. The van der Waals surface area contributed by atoms with Crippen LogP contribution in [0.25, 0.3) is 10.8 Å². The van der Waals surface area contributed by atoms with Crippen molar-refractivity contribution in [2.45, 2.75) is 5.92 Å². The molecule has 1 aliphatic heterocycles. The number of nitrogens with one attached hydrogen (secondary N) is 1. The quantitative estimate of drug-likeness (QED) is 0.389. The molecule has 34 heavy (non-hydrogen) atoms. The van der Waals surface area contributed by atoms with Crippen LogP contribution in [-0.4, -0.2) is 13.0 Å². The number of amides is 1. The molecule has 5 nitrogen and oxygen atoms in total. The Labute approximate surface area is 201 Å². The topological polar surface area (TPSA) is 71.3 Å². The van der Waals surface area contributed by atoms with Crippen LogP contribution in [0.4, 0.5) is 0 Å². The first-order valence-electron chi connectivity index (χ1n) is 10.6. The third-order valence-electron chi connectivity index (χ3n) is 5.85. The first kappa shape index (κ1) is 21.6. The van der Waals surface area contributed by atoms with Gasteiger partial charge in [0.1, 0.15) is 23.1 Å². The Hall–Kier alpha value is -4.27. The molecule has 0 saturated heterocycles. The second-order valence-electron chi connectivity index (χ2n) is 7.83. The highest BCUT2D eigenvalue weighted by atomic mass is 35.5. The maximum Gasteiger partial charge on any atom is 0.258 e. The van der Waals surface area contributed by atoms with Crippen molar-refractivity contribution >= 4 is 28.3 Å². The van der Waals surface area contributed by atoms with Gasteiger partial charge >= 0.3 is 0 Å². The largest absolute Gasteiger partial charge is 0.497 e. The lowest BCUT2D eigenvalue weighted by molar-refractivity contribution is 0.0947. The number of fused-ring (bicyclic) bond motifs is 3. The number of hydrogen-bond acceptors (Lipinski definition) is 4. The van der Waals surface area contributed by atoms with Gasteiger partial charge in [-0.1, -0.05) is 60.1 Å². The highest BCUT2D eigenvalue weighted by Gasteiger charge is 2.34. The standard InChI is InChI=1S/C28H19ClN2O3/c1-33-21-12-9-18(10-13-21)25-23(16-30)28(31-27(32)19-6-4-7-20(29)15-19)34-24-14-11-17-5-2-3-8-22(17)26(24)25/h2-15,25H,1H3,(H,31,32)/t25-/m1/s1. The lowest BCUT2D eigenvalue weighted by Crippen LogP contribution is -2.31. The van der Waals surface area contributed by atoms with Crippen molar-refractivity contribution in [3.8, 4) is 17.6 Å². The molecular formula is C28H19ClN2O3. The van der Waals surface area contributed by atoms with E-state index in [1.54, 1.807) is 31.4 Å². The van der Waals surface area contributed by atoms with Gasteiger partial charge in [0.25, 0.3) is 5.91 Å². The Morgan fingerprint density at radius 1 is 1.03 bits per heavy atom. The van der Waals surface area contributed by atoms with E-state index in [0.717, 1.165) is 21.9 Å². The van der Waals surface area contributed by atoms with Crippen molar-refractivity contribution in [1.82, 2.24) is 5.32 Å². The monoisotopic (exact) mass is 466 g/mol. The minimum atomic E-state index is -0.444. The summed E-state index contributed by atoms with van der Waals surface area (Å²) < 4.78 is 11.4. The molecule has 0 fully saturated rings. The maximum absolute atomic E-state index is 13.0. The van der Waals surface area contributed by atoms with E-state index in [-0.39, 0.29) is 5.88 Å². The summed E-state index contributed by atoms with van der Waals surface area (Å²) in [7, 11) is 1.61. The summed E-state index contributed by atoms with van der Waals surface area (Å²) >= 11 is 6.05. The summed E-state index contributed by atoms with van der Waals surface area (Å²) in [4.78, 5) is 13.0. The SMILES string of the molecule is COc1ccc([C@@H]2C(C#N)=C(NC(=O)c3cccc(Cl)c3)Oc3ccc4ccccc4c32)cc1. The number of halogens is 1. The van der Waals surface area contributed by atoms with Gasteiger partial charge in [-0.05, 0) is 52.7 Å². The first-order valence-corrected chi connectivity index (χ1v) is 11.0. The Morgan fingerprint density at radius 2 is 1.82 bits per heavy atom. The van der Waals surface area contributed by atoms with Crippen molar-refractivity contribution in [3.63, 3.8) is 0 Å². The average Bonchev–Trinajstić information content (AvgIpc) is 2.87. The van der Waals surface area contributed by atoms with Crippen LogP contribution in [0, 0.1) is 11.3 Å². The van der Waals surface area contributed by atoms with Crippen molar-refractivity contribution in [3.05, 3.63) is 118 Å². The lowest BCUT2D eigenvalue weighted by Gasteiger charge is -2.29. The number of carbonyl (C=O) groups excluding carboxylic acids is 1. The van der Waals surface area contributed by atoms with Crippen LogP contribution in [-0.2, 0) is 0 Å².